The number of hydrogen-bond donors (Lipinski definition) is 1. The van der Waals surface area contributed by atoms with E-state index in [1.807, 2.05) is 67.4 Å². The van der Waals surface area contributed by atoms with Gasteiger partial charge in [-0.2, -0.15) is 10.5 Å². The van der Waals surface area contributed by atoms with Gasteiger partial charge in [-0.25, -0.2) is 0 Å². The number of carbonyl (C=O) groups is 1. The summed E-state index contributed by atoms with van der Waals surface area (Å²) in [5.74, 6) is 0.120. The molecule has 0 bridgehead atoms. The Morgan fingerprint density at radius 2 is 1.59 bits per heavy atom. The summed E-state index contributed by atoms with van der Waals surface area (Å²) >= 11 is 0. The van der Waals surface area contributed by atoms with Crippen LogP contribution in [0.2, 0.25) is 0 Å². The van der Waals surface area contributed by atoms with Crippen LogP contribution in [-0.2, 0) is 4.79 Å². The van der Waals surface area contributed by atoms with E-state index in [0.29, 0.717) is 25.9 Å². The Morgan fingerprint density at radius 3 is 2.22 bits per heavy atom. The molecule has 0 atom stereocenters. The van der Waals surface area contributed by atoms with Gasteiger partial charge in [0.15, 0.2) is 5.78 Å². The summed E-state index contributed by atoms with van der Waals surface area (Å²) in [6.07, 6.45) is 6.43. The summed E-state index contributed by atoms with van der Waals surface area (Å²) in [6.45, 7) is 3.35. The largest absolute Gasteiger partial charge is 0.384 e. The van der Waals surface area contributed by atoms with Crippen LogP contribution in [-0.4, -0.2) is 25.9 Å². The lowest BCUT2D eigenvalue weighted by Gasteiger charge is -2.17. The number of aryl methyl sites for hydroxylation is 1. The Balaban J connectivity index is 1.68. The summed E-state index contributed by atoms with van der Waals surface area (Å²) in [5.41, 5.74) is 6.88. The van der Waals surface area contributed by atoms with E-state index in [4.69, 9.17) is 10.5 Å². The summed E-state index contributed by atoms with van der Waals surface area (Å²) < 4.78 is 0. The average molecular weight is 425 g/mol. The van der Waals surface area contributed by atoms with Gasteiger partial charge in [-0.05, 0) is 72.9 Å². The third-order valence-corrected chi connectivity index (χ3v) is 5.62. The predicted octanol–water partition coefficient (Wildman–Crippen LogP) is 5.50. The summed E-state index contributed by atoms with van der Waals surface area (Å²) in [6, 6.07) is 18.4. The Kier molecular flexibility index (Phi) is 7.84. The van der Waals surface area contributed by atoms with Crippen LogP contribution in [0.25, 0.3) is 12.2 Å². The number of ketones is 1. The maximum Gasteiger partial charge on any atom is 0.185 e. The molecule has 2 aromatic carbocycles. The van der Waals surface area contributed by atoms with Crippen LogP contribution in [0.15, 0.2) is 53.6 Å². The van der Waals surface area contributed by atoms with Gasteiger partial charge in [0.1, 0.15) is 0 Å². The molecule has 0 aliphatic heterocycles. The van der Waals surface area contributed by atoms with Crippen LogP contribution in [0.3, 0.4) is 0 Å². The third kappa shape index (κ3) is 5.86. The average Bonchev–Trinajstić information content (AvgIpc) is 3.13. The van der Waals surface area contributed by atoms with Crippen molar-refractivity contribution in [1.29, 1.82) is 10.5 Å². The fourth-order valence-corrected chi connectivity index (χ4v) is 3.78. The molecular formula is C27H28N4O. The van der Waals surface area contributed by atoms with E-state index in [9.17, 15) is 4.79 Å². The summed E-state index contributed by atoms with van der Waals surface area (Å²) in [4.78, 5) is 15.0. The zero-order valence-corrected chi connectivity index (χ0v) is 18.7. The van der Waals surface area contributed by atoms with Crippen molar-refractivity contribution in [1.82, 2.24) is 0 Å². The van der Waals surface area contributed by atoms with Gasteiger partial charge in [0.05, 0.1) is 25.0 Å². The normalized spacial score (nSPS) is 15.6. The Morgan fingerprint density at radius 1 is 0.969 bits per heavy atom. The second-order valence-corrected chi connectivity index (χ2v) is 8.00. The topological polar surface area (TPSA) is 79.9 Å². The van der Waals surface area contributed by atoms with Crippen LogP contribution < -0.4 is 10.2 Å². The molecule has 32 heavy (non-hydrogen) atoms. The Hall–Kier alpha value is -3.83. The first-order valence-electron chi connectivity index (χ1n) is 10.9. The highest BCUT2D eigenvalue weighted by atomic mass is 16.1. The van der Waals surface area contributed by atoms with Gasteiger partial charge in [0, 0.05) is 42.7 Å². The number of allylic oxidation sites excluding steroid dienone is 2. The minimum Gasteiger partial charge on any atom is -0.384 e. The molecule has 0 spiro atoms. The van der Waals surface area contributed by atoms with E-state index in [2.05, 4.69) is 23.5 Å². The Labute approximate surface area is 190 Å². The van der Waals surface area contributed by atoms with Crippen molar-refractivity contribution in [3.05, 3.63) is 70.3 Å². The maximum atomic E-state index is 12.9. The quantitative estimate of drug-likeness (QED) is 0.447. The van der Waals surface area contributed by atoms with Crippen LogP contribution in [0, 0.1) is 29.6 Å². The molecule has 0 aromatic heterocycles. The monoisotopic (exact) mass is 424 g/mol. The lowest BCUT2D eigenvalue weighted by atomic mass is 10.0. The van der Waals surface area contributed by atoms with Gasteiger partial charge < -0.3 is 10.2 Å². The highest BCUT2D eigenvalue weighted by Gasteiger charge is 2.23. The van der Waals surface area contributed by atoms with Gasteiger partial charge >= 0.3 is 0 Å². The molecule has 1 N–H and O–H groups in total. The Bertz CT molecular complexity index is 1110. The molecule has 5 heteroatoms. The van der Waals surface area contributed by atoms with Crippen molar-refractivity contribution in [3.63, 3.8) is 0 Å². The molecule has 0 amide bonds. The first kappa shape index (κ1) is 22.8. The zero-order chi connectivity index (χ0) is 22.9. The fourth-order valence-electron chi connectivity index (χ4n) is 3.78. The fraction of sp³-hybridized carbons (Fsp3) is 0.296. The van der Waals surface area contributed by atoms with Crippen molar-refractivity contribution in [2.75, 3.05) is 30.4 Å². The van der Waals surface area contributed by atoms with Crippen LogP contribution >= 0.6 is 0 Å². The van der Waals surface area contributed by atoms with Gasteiger partial charge in [-0.15, -0.1) is 0 Å². The molecule has 0 heterocycles. The van der Waals surface area contributed by atoms with Crippen molar-refractivity contribution in [3.8, 4) is 12.1 Å². The minimum atomic E-state index is 0.120. The van der Waals surface area contributed by atoms with Gasteiger partial charge in [-0.3, -0.25) is 4.79 Å². The molecule has 0 saturated heterocycles. The van der Waals surface area contributed by atoms with Crippen LogP contribution in [0.1, 0.15) is 42.4 Å². The molecule has 1 saturated carbocycles. The second-order valence-electron chi connectivity index (χ2n) is 8.00. The van der Waals surface area contributed by atoms with E-state index < -0.39 is 0 Å². The molecule has 0 unspecified atom stereocenters. The lowest BCUT2D eigenvalue weighted by molar-refractivity contribution is -0.111. The first-order valence-corrected chi connectivity index (χ1v) is 10.9. The highest BCUT2D eigenvalue weighted by molar-refractivity contribution is 6.15. The molecule has 1 aliphatic carbocycles. The van der Waals surface area contributed by atoms with E-state index in [-0.39, 0.29) is 5.78 Å². The SMILES string of the molecule is Cc1cc(/C=C2\CC/C(=C/c3ccc(N(C)CCC#N)cc3)C2=O)ccc1NCCC#N. The van der Waals surface area contributed by atoms with E-state index in [1.54, 1.807) is 0 Å². The molecule has 0 radical (unpaired) electrons. The van der Waals surface area contributed by atoms with Crippen LogP contribution in [0.4, 0.5) is 11.4 Å². The summed E-state index contributed by atoms with van der Waals surface area (Å²) in [7, 11) is 1.97. The first-order chi connectivity index (χ1) is 15.5. The minimum absolute atomic E-state index is 0.120. The van der Waals surface area contributed by atoms with Crippen molar-refractivity contribution in [2.24, 2.45) is 0 Å². The van der Waals surface area contributed by atoms with Gasteiger partial charge in [-0.1, -0.05) is 18.2 Å². The van der Waals surface area contributed by atoms with E-state index >= 15 is 0 Å². The predicted molar refractivity (Wildman–Crippen MR) is 130 cm³/mol. The number of nitrogens with zero attached hydrogens (tertiary/aromatic N) is 3. The molecule has 5 nitrogen and oxygen atoms in total. The van der Waals surface area contributed by atoms with Gasteiger partial charge in [0.25, 0.3) is 0 Å². The molecule has 2 aromatic rings. The number of rotatable bonds is 8. The molecular weight excluding hydrogens is 396 g/mol. The standard InChI is InChI=1S/C27H28N4O/c1-20-17-22(7-12-26(20)30-15-3-13-28)19-24-9-8-23(27(24)32)18-21-5-10-25(11-6-21)31(2)16-4-14-29/h5-7,10-12,17-19,30H,3-4,8-9,15-16H2,1-2H3/b23-18-,24-19+. The number of hydrogen-bond acceptors (Lipinski definition) is 5. The number of benzene rings is 2. The second kappa shape index (κ2) is 11.0. The molecule has 1 aliphatic rings. The molecule has 3 rings (SSSR count). The highest BCUT2D eigenvalue weighted by Crippen LogP contribution is 2.30. The van der Waals surface area contributed by atoms with E-state index in [0.717, 1.165) is 52.1 Å². The molecule has 1 fully saturated rings. The van der Waals surface area contributed by atoms with Crippen molar-refractivity contribution < 1.29 is 4.79 Å². The third-order valence-electron chi connectivity index (χ3n) is 5.62. The number of carbonyl (C=O) groups excluding carboxylic acids is 1. The lowest BCUT2D eigenvalue weighted by Crippen LogP contribution is -2.17. The number of nitrogens with one attached hydrogen (secondary N) is 1. The smallest absolute Gasteiger partial charge is 0.185 e. The molecule has 162 valence electrons. The van der Waals surface area contributed by atoms with E-state index in [1.165, 1.54) is 0 Å². The number of Topliss-reactive ketones (excluding diaryl/α,β-unsaturated/α-hetero) is 1. The van der Waals surface area contributed by atoms with Gasteiger partial charge in [0.2, 0.25) is 0 Å². The zero-order valence-electron chi connectivity index (χ0n) is 18.7. The van der Waals surface area contributed by atoms with Crippen molar-refractivity contribution >= 4 is 29.3 Å². The maximum absolute atomic E-state index is 12.9. The number of anilines is 2. The van der Waals surface area contributed by atoms with Crippen molar-refractivity contribution in [2.45, 2.75) is 32.6 Å². The van der Waals surface area contributed by atoms with Crippen LogP contribution in [0.5, 0.6) is 0 Å². The summed E-state index contributed by atoms with van der Waals surface area (Å²) in [5, 5.41) is 20.7. The number of nitriles is 2.